The van der Waals surface area contributed by atoms with Crippen LogP contribution >= 0.6 is 0 Å². The van der Waals surface area contributed by atoms with Gasteiger partial charge in [-0.15, -0.1) is 0 Å². The van der Waals surface area contributed by atoms with Crippen molar-refractivity contribution in [3.05, 3.63) is 35.9 Å². The molecule has 1 aromatic rings. The standard InChI is InChI=1S/C20H26N4O6/c1-4-21-18(28)22-16(26)15(13-9-6-5-7-10-13)30-14(25)11-8-12-24-17(27)20(2,3)23-19(24)29/h5-7,9-10,15H,4,8,11-12H2,1-3H3,(H,23,29)(H2,21,22,26,28)/t15-/m1/s1. The number of hydrogen-bond donors (Lipinski definition) is 3. The lowest BCUT2D eigenvalue weighted by Crippen LogP contribution is -2.42. The van der Waals surface area contributed by atoms with Gasteiger partial charge in [-0.2, -0.15) is 0 Å². The second-order valence-corrected chi connectivity index (χ2v) is 7.24. The van der Waals surface area contributed by atoms with Gasteiger partial charge in [-0.25, -0.2) is 9.59 Å². The number of urea groups is 2. The molecule has 0 radical (unpaired) electrons. The number of hydrogen-bond acceptors (Lipinski definition) is 6. The van der Waals surface area contributed by atoms with Crippen LogP contribution in [0.3, 0.4) is 0 Å². The molecule has 1 fully saturated rings. The largest absolute Gasteiger partial charge is 0.447 e. The third-order valence-electron chi connectivity index (χ3n) is 4.37. The monoisotopic (exact) mass is 418 g/mol. The maximum atomic E-state index is 12.4. The first-order chi connectivity index (χ1) is 14.2. The molecule has 10 heteroatoms. The van der Waals surface area contributed by atoms with E-state index >= 15 is 0 Å². The zero-order valence-corrected chi connectivity index (χ0v) is 17.2. The summed E-state index contributed by atoms with van der Waals surface area (Å²) in [6, 6.07) is 7.09. The van der Waals surface area contributed by atoms with Gasteiger partial charge in [0.2, 0.25) is 6.10 Å². The Bertz CT molecular complexity index is 824. The average molecular weight is 418 g/mol. The maximum absolute atomic E-state index is 12.4. The first-order valence-electron chi connectivity index (χ1n) is 9.63. The quantitative estimate of drug-likeness (QED) is 0.429. The lowest BCUT2D eigenvalue weighted by Gasteiger charge is -2.18. The molecule has 3 N–H and O–H groups in total. The molecule has 0 aliphatic carbocycles. The van der Waals surface area contributed by atoms with Crippen molar-refractivity contribution in [3.8, 4) is 0 Å². The molecule has 1 saturated heterocycles. The third kappa shape index (κ3) is 5.79. The van der Waals surface area contributed by atoms with Crippen molar-refractivity contribution in [2.45, 2.75) is 45.3 Å². The number of amides is 6. The second kappa shape index (κ2) is 9.86. The lowest BCUT2D eigenvalue weighted by molar-refractivity contribution is -0.156. The van der Waals surface area contributed by atoms with Gasteiger partial charge in [-0.05, 0) is 27.2 Å². The Morgan fingerprint density at radius 1 is 1.17 bits per heavy atom. The third-order valence-corrected chi connectivity index (χ3v) is 4.37. The molecule has 0 saturated carbocycles. The summed E-state index contributed by atoms with van der Waals surface area (Å²) in [5.74, 6) is -1.85. The van der Waals surface area contributed by atoms with Crippen molar-refractivity contribution in [1.29, 1.82) is 0 Å². The molecule has 0 aromatic heterocycles. The van der Waals surface area contributed by atoms with Gasteiger partial charge in [-0.3, -0.25) is 24.6 Å². The average Bonchev–Trinajstić information content (AvgIpc) is 2.88. The maximum Gasteiger partial charge on any atom is 0.325 e. The normalized spacial score (nSPS) is 15.9. The molecule has 10 nitrogen and oxygen atoms in total. The molecular formula is C20H26N4O6. The number of nitrogens with zero attached hydrogens (tertiary/aromatic N) is 1. The summed E-state index contributed by atoms with van der Waals surface area (Å²) in [7, 11) is 0. The fourth-order valence-corrected chi connectivity index (χ4v) is 2.88. The van der Waals surface area contributed by atoms with Gasteiger partial charge >= 0.3 is 18.0 Å². The highest BCUT2D eigenvalue weighted by molar-refractivity contribution is 6.06. The number of ether oxygens (including phenoxy) is 1. The highest BCUT2D eigenvalue weighted by atomic mass is 16.5. The molecule has 0 spiro atoms. The number of imide groups is 2. The Kier molecular flexibility index (Phi) is 7.51. The smallest absolute Gasteiger partial charge is 0.325 e. The summed E-state index contributed by atoms with van der Waals surface area (Å²) in [5, 5.41) is 7.12. The topological polar surface area (TPSA) is 134 Å². The van der Waals surface area contributed by atoms with Crippen molar-refractivity contribution in [3.63, 3.8) is 0 Å². The van der Waals surface area contributed by atoms with Crippen molar-refractivity contribution in [2.75, 3.05) is 13.1 Å². The summed E-state index contributed by atoms with van der Waals surface area (Å²) < 4.78 is 5.30. The molecule has 30 heavy (non-hydrogen) atoms. The molecule has 1 atom stereocenters. The van der Waals surface area contributed by atoms with Gasteiger partial charge in [0.25, 0.3) is 11.8 Å². The number of rotatable bonds is 8. The van der Waals surface area contributed by atoms with Gasteiger partial charge in [-0.1, -0.05) is 30.3 Å². The zero-order valence-electron chi connectivity index (χ0n) is 17.2. The summed E-state index contributed by atoms with van der Waals surface area (Å²) in [6.45, 7) is 5.27. The van der Waals surface area contributed by atoms with Gasteiger partial charge in [0.1, 0.15) is 5.54 Å². The SMILES string of the molecule is CCNC(=O)NC(=O)[C@H](OC(=O)CCCN1C(=O)NC(C)(C)C1=O)c1ccccc1. The van der Waals surface area contributed by atoms with Gasteiger partial charge in [0, 0.05) is 25.1 Å². The molecule has 6 amide bonds. The van der Waals surface area contributed by atoms with Crippen LogP contribution in [0.25, 0.3) is 0 Å². The molecule has 0 unspecified atom stereocenters. The number of carbonyl (C=O) groups is 5. The van der Waals surface area contributed by atoms with E-state index in [1.807, 2.05) is 0 Å². The van der Waals surface area contributed by atoms with E-state index in [2.05, 4.69) is 16.0 Å². The van der Waals surface area contributed by atoms with E-state index in [1.54, 1.807) is 51.1 Å². The van der Waals surface area contributed by atoms with Crippen LogP contribution in [0.1, 0.15) is 45.3 Å². The van der Waals surface area contributed by atoms with E-state index in [-0.39, 0.29) is 25.3 Å². The fraction of sp³-hybridized carbons (Fsp3) is 0.450. The van der Waals surface area contributed by atoms with Crippen LogP contribution < -0.4 is 16.0 Å². The van der Waals surface area contributed by atoms with E-state index in [0.717, 1.165) is 4.90 Å². The lowest BCUT2D eigenvalue weighted by atomic mass is 10.1. The Morgan fingerprint density at radius 3 is 2.40 bits per heavy atom. The predicted octanol–water partition coefficient (Wildman–Crippen LogP) is 1.23. The van der Waals surface area contributed by atoms with Crippen molar-refractivity contribution in [2.24, 2.45) is 0 Å². The first-order valence-corrected chi connectivity index (χ1v) is 9.63. The molecule has 1 aliphatic rings. The molecule has 0 bridgehead atoms. The summed E-state index contributed by atoms with van der Waals surface area (Å²) in [6.07, 6.45) is -1.25. The zero-order chi connectivity index (χ0) is 22.3. The molecule has 2 rings (SSSR count). The van der Waals surface area contributed by atoms with E-state index in [0.29, 0.717) is 12.1 Å². The number of benzene rings is 1. The van der Waals surface area contributed by atoms with Crippen LogP contribution in [-0.2, 0) is 19.1 Å². The van der Waals surface area contributed by atoms with Crippen LogP contribution in [0.5, 0.6) is 0 Å². The number of nitrogens with one attached hydrogen (secondary N) is 3. The first kappa shape index (κ1) is 22.9. The van der Waals surface area contributed by atoms with Gasteiger partial charge in [0.05, 0.1) is 0 Å². The Morgan fingerprint density at radius 2 is 1.83 bits per heavy atom. The highest BCUT2D eigenvalue weighted by Crippen LogP contribution is 2.20. The summed E-state index contributed by atoms with van der Waals surface area (Å²) in [4.78, 5) is 61.5. The molecule has 162 valence electrons. The molecule has 1 heterocycles. The van der Waals surface area contributed by atoms with Gasteiger partial charge < -0.3 is 15.4 Å². The van der Waals surface area contributed by atoms with Crippen LogP contribution in [0.2, 0.25) is 0 Å². The predicted molar refractivity (Wildman–Crippen MR) is 106 cm³/mol. The summed E-state index contributed by atoms with van der Waals surface area (Å²) >= 11 is 0. The van der Waals surface area contributed by atoms with Crippen molar-refractivity contribution >= 4 is 29.8 Å². The Balaban J connectivity index is 1.96. The minimum absolute atomic E-state index is 0.0459. The van der Waals surface area contributed by atoms with E-state index in [9.17, 15) is 24.0 Å². The highest BCUT2D eigenvalue weighted by Gasteiger charge is 2.43. The van der Waals surface area contributed by atoms with Crippen LogP contribution in [0.15, 0.2) is 30.3 Å². The van der Waals surface area contributed by atoms with Crippen LogP contribution in [0, 0.1) is 0 Å². The van der Waals surface area contributed by atoms with E-state index in [1.165, 1.54) is 0 Å². The fourth-order valence-electron chi connectivity index (χ4n) is 2.88. The molecule has 1 aromatic carbocycles. The molecule has 1 aliphatic heterocycles. The number of carbonyl (C=O) groups excluding carboxylic acids is 5. The Labute approximate surface area is 174 Å². The van der Waals surface area contributed by atoms with E-state index < -0.39 is 35.6 Å². The minimum atomic E-state index is -1.31. The molecular weight excluding hydrogens is 392 g/mol. The van der Waals surface area contributed by atoms with E-state index in [4.69, 9.17) is 4.74 Å². The van der Waals surface area contributed by atoms with Gasteiger partial charge in [0.15, 0.2) is 0 Å². The van der Waals surface area contributed by atoms with Crippen molar-refractivity contribution in [1.82, 2.24) is 20.9 Å². The van der Waals surface area contributed by atoms with Crippen LogP contribution in [0.4, 0.5) is 9.59 Å². The number of esters is 1. The summed E-state index contributed by atoms with van der Waals surface area (Å²) in [5.41, 5.74) is -0.573. The van der Waals surface area contributed by atoms with Crippen LogP contribution in [-0.4, -0.2) is 53.4 Å². The Hall–Kier alpha value is -3.43. The minimum Gasteiger partial charge on any atom is -0.447 e. The second-order valence-electron chi connectivity index (χ2n) is 7.24. The van der Waals surface area contributed by atoms with Crippen molar-refractivity contribution < 1.29 is 28.7 Å².